The van der Waals surface area contributed by atoms with Gasteiger partial charge in [-0.3, -0.25) is 14.7 Å². The van der Waals surface area contributed by atoms with E-state index in [0.717, 1.165) is 30.0 Å². The lowest BCUT2D eigenvalue weighted by atomic mass is 9.90. The van der Waals surface area contributed by atoms with E-state index < -0.39 is 0 Å². The first kappa shape index (κ1) is 24.4. The van der Waals surface area contributed by atoms with Crippen molar-refractivity contribution in [2.75, 3.05) is 11.1 Å². The summed E-state index contributed by atoms with van der Waals surface area (Å²) in [5.74, 6) is 2.01. The fraction of sp³-hybridized carbons (Fsp3) is 0.458. The summed E-state index contributed by atoms with van der Waals surface area (Å²) < 4.78 is 7.80. The van der Waals surface area contributed by atoms with Gasteiger partial charge >= 0.3 is 0 Å². The number of aromatic nitrogens is 5. The van der Waals surface area contributed by atoms with Crippen molar-refractivity contribution in [1.82, 2.24) is 25.0 Å². The molecule has 2 heterocycles. The summed E-state index contributed by atoms with van der Waals surface area (Å²) in [4.78, 5) is 12.5. The van der Waals surface area contributed by atoms with Gasteiger partial charge < -0.3 is 4.74 Å². The lowest BCUT2D eigenvalue weighted by Gasteiger charge is -2.18. The third kappa shape index (κ3) is 6.44. The number of ether oxygens (including phenoxy) is 1. The molecule has 8 nitrogen and oxygen atoms in total. The highest BCUT2D eigenvalue weighted by Crippen LogP contribution is 2.35. The molecule has 1 saturated carbocycles. The van der Waals surface area contributed by atoms with E-state index in [-0.39, 0.29) is 18.3 Å². The van der Waals surface area contributed by atoms with Gasteiger partial charge in [0.15, 0.2) is 11.0 Å². The van der Waals surface area contributed by atoms with Crippen molar-refractivity contribution < 1.29 is 9.53 Å². The number of allylic oxidation sites excluding steroid dienone is 1. The SMILES string of the molecule is C=CCn1c(COc2ccc(CC)cc2)nnc1SCC(=O)Nc1nnc(C2CCCCC2)s1. The molecule has 0 aliphatic heterocycles. The zero-order chi connectivity index (χ0) is 23.8. The molecule has 0 unspecified atom stereocenters. The number of nitrogens with one attached hydrogen (secondary N) is 1. The maximum Gasteiger partial charge on any atom is 0.236 e. The molecule has 0 radical (unpaired) electrons. The van der Waals surface area contributed by atoms with Crippen molar-refractivity contribution in [3.8, 4) is 5.75 Å². The number of thioether (sulfide) groups is 1. The van der Waals surface area contributed by atoms with Crippen molar-refractivity contribution in [1.29, 1.82) is 0 Å². The number of aryl methyl sites for hydroxylation is 1. The van der Waals surface area contributed by atoms with E-state index in [0.29, 0.717) is 28.6 Å². The Hall–Kier alpha value is -2.72. The Balaban J connectivity index is 1.31. The first-order chi connectivity index (χ1) is 16.7. The van der Waals surface area contributed by atoms with E-state index in [1.807, 2.05) is 16.7 Å². The van der Waals surface area contributed by atoms with Crippen LogP contribution in [-0.4, -0.2) is 36.6 Å². The van der Waals surface area contributed by atoms with Gasteiger partial charge in [0.25, 0.3) is 0 Å². The van der Waals surface area contributed by atoms with E-state index in [4.69, 9.17) is 4.74 Å². The van der Waals surface area contributed by atoms with Crippen molar-refractivity contribution in [2.45, 2.75) is 69.7 Å². The average molecular weight is 499 g/mol. The predicted molar refractivity (Wildman–Crippen MR) is 135 cm³/mol. The number of hydrogen-bond acceptors (Lipinski definition) is 8. The summed E-state index contributed by atoms with van der Waals surface area (Å²) in [6.07, 6.45) is 8.87. The first-order valence-corrected chi connectivity index (χ1v) is 13.5. The highest BCUT2D eigenvalue weighted by atomic mass is 32.2. The van der Waals surface area contributed by atoms with Crippen LogP contribution in [0.1, 0.15) is 61.3 Å². The minimum absolute atomic E-state index is 0.140. The minimum atomic E-state index is -0.140. The molecular weight excluding hydrogens is 468 g/mol. The summed E-state index contributed by atoms with van der Waals surface area (Å²) in [6.45, 7) is 6.77. The molecule has 0 bridgehead atoms. The molecule has 2 aromatic heterocycles. The highest BCUT2D eigenvalue weighted by Gasteiger charge is 2.20. The van der Waals surface area contributed by atoms with Crippen molar-refractivity contribution in [3.63, 3.8) is 0 Å². The molecule has 1 N–H and O–H groups in total. The van der Waals surface area contributed by atoms with E-state index >= 15 is 0 Å². The molecule has 1 aliphatic carbocycles. The largest absolute Gasteiger partial charge is 0.486 e. The van der Waals surface area contributed by atoms with E-state index in [2.05, 4.69) is 51.3 Å². The standard InChI is InChI=1S/C24H30N6O2S2/c1-3-14-30-20(15-32-19-12-10-17(4-2)11-13-19)26-29-24(30)33-16-21(31)25-23-28-27-22(34-23)18-8-6-5-7-9-18/h3,10-13,18H,1,4-9,14-16H2,2H3,(H,25,28,31). The van der Waals surface area contributed by atoms with Gasteiger partial charge in [0, 0.05) is 12.5 Å². The summed E-state index contributed by atoms with van der Waals surface area (Å²) in [5.41, 5.74) is 1.26. The van der Waals surface area contributed by atoms with Crippen LogP contribution in [0.4, 0.5) is 5.13 Å². The van der Waals surface area contributed by atoms with Crippen molar-refractivity contribution in [3.05, 3.63) is 53.3 Å². The monoisotopic (exact) mass is 498 g/mol. The van der Waals surface area contributed by atoms with Gasteiger partial charge in [0.2, 0.25) is 11.0 Å². The van der Waals surface area contributed by atoms with Crippen LogP contribution >= 0.6 is 23.1 Å². The van der Waals surface area contributed by atoms with Crippen LogP contribution in [-0.2, 0) is 24.4 Å². The third-order valence-corrected chi connectivity index (χ3v) is 7.75. The molecule has 0 saturated heterocycles. The fourth-order valence-electron chi connectivity index (χ4n) is 3.90. The Bertz CT molecular complexity index is 1090. The molecule has 0 spiro atoms. The molecule has 34 heavy (non-hydrogen) atoms. The van der Waals surface area contributed by atoms with Gasteiger partial charge in [0.1, 0.15) is 17.4 Å². The Morgan fingerprint density at radius 2 is 2.00 bits per heavy atom. The second kappa shape index (κ2) is 12.1. The lowest BCUT2D eigenvalue weighted by Crippen LogP contribution is -2.15. The maximum atomic E-state index is 12.5. The summed E-state index contributed by atoms with van der Waals surface area (Å²) in [5, 5.41) is 22.1. The van der Waals surface area contributed by atoms with Crippen LogP contribution in [0, 0.1) is 0 Å². The number of carbonyl (C=O) groups excluding carboxylic acids is 1. The summed E-state index contributed by atoms with van der Waals surface area (Å²) >= 11 is 2.81. The highest BCUT2D eigenvalue weighted by molar-refractivity contribution is 7.99. The number of anilines is 1. The lowest BCUT2D eigenvalue weighted by molar-refractivity contribution is -0.113. The number of hydrogen-bond donors (Lipinski definition) is 1. The van der Waals surface area contributed by atoms with Crippen LogP contribution in [0.5, 0.6) is 5.75 Å². The number of amides is 1. The molecular formula is C24H30N6O2S2. The molecule has 1 aliphatic rings. The van der Waals surface area contributed by atoms with Gasteiger partial charge in [-0.15, -0.1) is 27.0 Å². The minimum Gasteiger partial charge on any atom is -0.486 e. The molecule has 4 rings (SSSR count). The second-order valence-corrected chi connectivity index (χ2v) is 10.2. The van der Waals surface area contributed by atoms with Crippen molar-refractivity contribution >= 4 is 34.1 Å². The van der Waals surface area contributed by atoms with E-state index in [1.165, 1.54) is 47.9 Å². The number of rotatable bonds is 11. The van der Waals surface area contributed by atoms with Gasteiger partial charge in [-0.1, -0.05) is 67.5 Å². The van der Waals surface area contributed by atoms with Crippen LogP contribution in [0.2, 0.25) is 0 Å². The molecule has 3 aromatic rings. The number of nitrogens with zero attached hydrogens (tertiary/aromatic N) is 5. The van der Waals surface area contributed by atoms with Crippen molar-refractivity contribution in [2.24, 2.45) is 0 Å². The average Bonchev–Trinajstić information content (AvgIpc) is 3.49. The Kier molecular flexibility index (Phi) is 8.70. The Morgan fingerprint density at radius 1 is 1.21 bits per heavy atom. The zero-order valence-corrected chi connectivity index (χ0v) is 21.0. The van der Waals surface area contributed by atoms with Crippen LogP contribution in [0.25, 0.3) is 0 Å². The molecule has 1 amide bonds. The molecule has 0 atom stereocenters. The number of benzene rings is 1. The first-order valence-electron chi connectivity index (χ1n) is 11.7. The molecule has 1 fully saturated rings. The number of carbonyl (C=O) groups is 1. The van der Waals surface area contributed by atoms with Crippen LogP contribution in [0.15, 0.2) is 42.1 Å². The fourth-order valence-corrected chi connectivity index (χ4v) is 5.59. The van der Waals surface area contributed by atoms with Crippen LogP contribution < -0.4 is 10.1 Å². The van der Waals surface area contributed by atoms with E-state index in [9.17, 15) is 4.79 Å². The molecule has 180 valence electrons. The molecule has 1 aromatic carbocycles. The third-order valence-electron chi connectivity index (χ3n) is 5.78. The van der Waals surface area contributed by atoms with Gasteiger partial charge in [-0.05, 0) is 37.0 Å². The van der Waals surface area contributed by atoms with Crippen LogP contribution in [0.3, 0.4) is 0 Å². The van der Waals surface area contributed by atoms with Gasteiger partial charge in [-0.25, -0.2) is 0 Å². The quantitative estimate of drug-likeness (QED) is 0.285. The summed E-state index contributed by atoms with van der Waals surface area (Å²) in [7, 11) is 0. The topological polar surface area (TPSA) is 94.8 Å². The van der Waals surface area contributed by atoms with E-state index in [1.54, 1.807) is 6.08 Å². The Morgan fingerprint density at radius 3 is 2.74 bits per heavy atom. The normalized spacial score (nSPS) is 14.1. The van der Waals surface area contributed by atoms with Gasteiger partial charge in [-0.2, -0.15) is 0 Å². The van der Waals surface area contributed by atoms with Gasteiger partial charge in [0.05, 0.1) is 5.75 Å². The summed E-state index contributed by atoms with van der Waals surface area (Å²) in [6, 6.07) is 8.03. The smallest absolute Gasteiger partial charge is 0.236 e. The predicted octanol–water partition coefficient (Wildman–Crippen LogP) is 5.24. The maximum absolute atomic E-state index is 12.5. The zero-order valence-electron chi connectivity index (χ0n) is 19.4. The second-order valence-electron chi connectivity index (χ2n) is 8.20. The Labute approximate surface area is 208 Å². The molecule has 10 heteroatoms.